The molecule has 0 aromatic rings. The number of carbonyl (C=O) groups is 1. The van der Waals surface area contributed by atoms with E-state index in [-0.39, 0.29) is 0 Å². The van der Waals surface area contributed by atoms with Gasteiger partial charge in [0.15, 0.2) is 0 Å². The van der Waals surface area contributed by atoms with Gasteiger partial charge in [-0.05, 0) is 0 Å². The molecule has 0 spiro atoms. The Labute approximate surface area is 172 Å². The number of alkyl halides is 9. The zero-order valence-electron chi connectivity index (χ0n) is 14.7. The van der Waals surface area contributed by atoms with Crippen molar-refractivity contribution in [2.24, 2.45) is 0 Å². The normalized spacial score (nSPS) is 18.6. The van der Waals surface area contributed by atoms with Crippen molar-refractivity contribution in [3.8, 4) is 0 Å². The van der Waals surface area contributed by atoms with E-state index in [2.05, 4.69) is 0 Å². The number of nitrogens with zero attached hydrogens (tertiary/aromatic N) is 2. The molecule has 0 atom stereocenters. The monoisotopic (exact) mass is 555 g/mol. The molecule has 1 aliphatic heterocycles. The van der Waals surface area contributed by atoms with Gasteiger partial charge in [0.05, 0.1) is 0 Å². The van der Waals surface area contributed by atoms with Gasteiger partial charge in [-0.1, -0.05) is 4.13 Å². The number of halogens is 9. The number of sulfonamides is 3. The molecule has 2 N–H and O–H groups in total. The number of piperazine rings is 1. The molecule has 32 heavy (non-hydrogen) atoms. The van der Waals surface area contributed by atoms with Crippen LogP contribution in [0.3, 0.4) is 0 Å². The summed E-state index contributed by atoms with van der Waals surface area (Å²) < 4.78 is 186. The van der Waals surface area contributed by atoms with Gasteiger partial charge in [-0.3, -0.25) is 0 Å². The minimum absolute atomic E-state index is 0.424. The van der Waals surface area contributed by atoms with Gasteiger partial charge in [0.1, 0.15) is 0 Å². The van der Waals surface area contributed by atoms with Crippen LogP contribution in [0.25, 0.3) is 0 Å². The quantitative estimate of drug-likeness (QED) is 0.422. The van der Waals surface area contributed by atoms with Crippen LogP contribution in [0.5, 0.6) is 0 Å². The Morgan fingerprint density at radius 2 is 1.12 bits per heavy atom. The van der Waals surface area contributed by atoms with Crippen molar-refractivity contribution < 1.29 is 74.7 Å². The molecule has 1 heterocycles. The zero-order chi connectivity index (χ0) is 25.8. The number of hydrogen-bond acceptors (Lipinski definition) is 7. The third-order valence-electron chi connectivity index (χ3n) is 3.77. The first-order valence-corrected chi connectivity index (χ1v) is 11.7. The molecule has 190 valence electrons. The van der Waals surface area contributed by atoms with Gasteiger partial charge < -0.3 is 10.0 Å². The summed E-state index contributed by atoms with van der Waals surface area (Å²) >= 11 is 0. The van der Waals surface area contributed by atoms with E-state index in [0.717, 1.165) is 0 Å². The predicted molar refractivity (Wildman–Crippen MR) is 82.0 cm³/mol. The number of hydrogen-bond donors (Lipinski definition) is 2. The second-order valence-corrected chi connectivity index (χ2v) is 11.5. The molecule has 1 aliphatic rings. The molecule has 0 aliphatic carbocycles. The molecular weight excluding hydrogens is 545 g/mol. The van der Waals surface area contributed by atoms with E-state index in [9.17, 15) is 69.6 Å². The van der Waals surface area contributed by atoms with E-state index < -0.39 is 92.7 Å². The van der Waals surface area contributed by atoms with E-state index in [1.807, 2.05) is 0 Å². The average Bonchev–Trinajstić information content (AvgIpc) is 2.59. The van der Waals surface area contributed by atoms with Gasteiger partial charge in [-0.2, -0.15) is 43.8 Å². The van der Waals surface area contributed by atoms with Gasteiger partial charge in [0, 0.05) is 26.2 Å². The Hall–Kier alpha value is -1.59. The van der Waals surface area contributed by atoms with Crippen molar-refractivity contribution >= 4 is 36.2 Å². The number of rotatable bonds is 7. The molecule has 0 radical (unpaired) electrons. The molecule has 0 saturated carbocycles. The van der Waals surface area contributed by atoms with Crippen molar-refractivity contribution in [2.75, 3.05) is 26.2 Å². The molecule has 0 aromatic heterocycles. The summed E-state index contributed by atoms with van der Waals surface area (Å²) in [6, 6.07) is 0. The first kappa shape index (κ1) is 28.4. The van der Waals surface area contributed by atoms with Gasteiger partial charge in [-0.15, -0.1) is 0 Å². The van der Waals surface area contributed by atoms with E-state index in [1.165, 1.54) is 0 Å². The lowest BCUT2D eigenvalue weighted by Gasteiger charge is -2.37. The fourth-order valence-corrected chi connectivity index (χ4v) is 5.93. The summed E-state index contributed by atoms with van der Waals surface area (Å²) in [4.78, 5) is 11.1. The molecule has 1 amide bonds. The maximum Gasteiger partial charge on any atom is 0.512 e. The second-order valence-electron chi connectivity index (χ2n) is 5.82. The fraction of sp³-hybridized carbons (Fsp3) is 0.889. The highest BCUT2D eigenvalue weighted by atomic mass is 32.3. The lowest BCUT2D eigenvalue weighted by atomic mass is 10.3. The Morgan fingerprint density at radius 1 is 0.719 bits per heavy atom. The predicted octanol–water partition coefficient (Wildman–Crippen LogP) is 0.202. The molecular formula is C9H10F9N3O8S3. The number of nitrogens with one attached hydrogen (secondary N) is 1. The standard InChI is InChI=1S/C9H10F9N3O8S3/c10-6(11,7(12,13)30(24,25)19-31(26,27)9(16,17)18)8(14,15)32(28,29)21-3-1-20(2-4-21)5(22)23/h19H,1-4H2,(H,22,23). The Kier molecular flexibility index (Phi) is 7.13. The minimum Gasteiger partial charge on any atom is -0.465 e. The summed E-state index contributed by atoms with van der Waals surface area (Å²) in [6.07, 6.45) is -1.69. The largest absolute Gasteiger partial charge is 0.512 e. The first-order chi connectivity index (χ1) is 13.9. The fourth-order valence-electron chi connectivity index (χ4n) is 2.03. The highest BCUT2D eigenvalue weighted by Crippen LogP contribution is 2.51. The highest BCUT2D eigenvalue weighted by molar-refractivity contribution is 8.05. The zero-order valence-corrected chi connectivity index (χ0v) is 17.1. The van der Waals surface area contributed by atoms with E-state index in [4.69, 9.17) is 5.11 Å². The van der Waals surface area contributed by atoms with Crippen LogP contribution < -0.4 is 4.13 Å². The van der Waals surface area contributed by atoms with Crippen LogP contribution in [-0.4, -0.2) is 93.8 Å². The Balaban J connectivity index is 3.40. The van der Waals surface area contributed by atoms with Gasteiger partial charge in [-0.25, -0.2) is 30.0 Å². The molecule has 0 unspecified atom stereocenters. The van der Waals surface area contributed by atoms with E-state index in [1.54, 1.807) is 0 Å². The van der Waals surface area contributed by atoms with E-state index in [0.29, 0.717) is 4.90 Å². The molecule has 0 aromatic carbocycles. The molecule has 1 saturated heterocycles. The second kappa shape index (κ2) is 8.02. The maximum absolute atomic E-state index is 14.1. The van der Waals surface area contributed by atoms with Gasteiger partial charge >= 0.3 is 38.1 Å². The number of amides is 1. The van der Waals surface area contributed by atoms with Crippen molar-refractivity contribution in [1.82, 2.24) is 13.3 Å². The minimum atomic E-state index is -7.84. The van der Waals surface area contributed by atoms with Crippen LogP contribution in [0.15, 0.2) is 0 Å². The molecule has 11 nitrogen and oxygen atoms in total. The van der Waals surface area contributed by atoms with Crippen LogP contribution in [0.4, 0.5) is 44.3 Å². The van der Waals surface area contributed by atoms with Crippen molar-refractivity contribution in [3.63, 3.8) is 0 Å². The Bertz CT molecular complexity index is 1060. The van der Waals surface area contributed by atoms with E-state index >= 15 is 0 Å². The maximum atomic E-state index is 14.1. The summed E-state index contributed by atoms with van der Waals surface area (Å²) in [7, 11) is -22.1. The summed E-state index contributed by atoms with van der Waals surface area (Å²) in [5.74, 6) is -7.52. The molecule has 1 rings (SSSR count). The van der Waals surface area contributed by atoms with Gasteiger partial charge in [0.25, 0.3) is 20.0 Å². The van der Waals surface area contributed by atoms with Crippen molar-refractivity contribution in [1.29, 1.82) is 0 Å². The summed E-state index contributed by atoms with van der Waals surface area (Å²) in [6.45, 7) is -4.31. The number of carboxylic acid groups (broad SMARTS) is 1. The third kappa shape index (κ3) is 4.43. The first-order valence-electron chi connectivity index (χ1n) is 7.32. The van der Waals surface area contributed by atoms with Crippen molar-refractivity contribution in [2.45, 2.75) is 21.9 Å². The average molecular weight is 555 g/mol. The summed E-state index contributed by atoms with van der Waals surface area (Å²) in [5.41, 5.74) is -6.66. The highest BCUT2D eigenvalue weighted by Gasteiger charge is 2.83. The van der Waals surface area contributed by atoms with Crippen LogP contribution in [-0.2, 0) is 30.1 Å². The van der Waals surface area contributed by atoms with Crippen LogP contribution in [0, 0.1) is 0 Å². The molecule has 23 heteroatoms. The van der Waals surface area contributed by atoms with Crippen LogP contribution >= 0.6 is 0 Å². The lowest BCUT2D eigenvalue weighted by Crippen LogP contribution is -2.66. The lowest BCUT2D eigenvalue weighted by molar-refractivity contribution is -0.245. The van der Waals surface area contributed by atoms with Crippen LogP contribution in [0.2, 0.25) is 0 Å². The molecule has 0 bridgehead atoms. The molecule has 1 fully saturated rings. The van der Waals surface area contributed by atoms with Crippen LogP contribution in [0.1, 0.15) is 0 Å². The Morgan fingerprint density at radius 3 is 1.47 bits per heavy atom. The van der Waals surface area contributed by atoms with Gasteiger partial charge in [0.2, 0.25) is 0 Å². The SMILES string of the molecule is O=C(O)N1CCN(S(=O)(=O)C(F)(F)C(F)(F)C(F)(F)S(=O)(=O)NS(=O)(=O)C(F)(F)F)CC1. The van der Waals surface area contributed by atoms with Crippen molar-refractivity contribution in [3.05, 3.63) is 0 Å². The smallest absolute Gasteiger partial charge is 0.465 e. The summed E-state index contributed by atoms with van der Waals surface area (Å²) in [5, 5.41) is -5.79. The topological polar surface area (TPSA) is 158 Å². The third-order valence-corrected chi connectivity index (χ3v) is 9.01.